The fraction of sp³-hybridized carbons (Fsp3) is 0.529. The van der Waals surface area contributed by atoms with E-state index in [-0.39, 0.29) is 0 Å². The highest BCUT2D eigenvalue weighted by Gasteiger charge is 2.25. The molecular formula is C17H24N2O4. The first-order chi connectivity index (χ1) is 10.5. The van der Waals surface area contributed by atoms with E-state index in [1.165, 1.54) is 14.2 Å². The molecular weight excluding hydrogens is 296 g/mol. The van der Waals surface area contributed by atoms with Crippen LogP contribution in [0.2, 0.25) is 0 Å². The van der Waals surface area contributed by atoms with Gasteiger partial charge in [-0.15, -0.1) is 0 Å². The summed E-state index contributed by atoms with van der Waals surface area (Å²) in [4.78, 5) is 12.0. The highest BCUT2D eigenvalue weighted by molar-refractivity contribution is 5.88. The zero-order valence-corrected chi connectivity index (χ0v) is 14.7. The lowest BCUT2D eigenvalue weighted by molar-refractivity contribution is 0.0635. The van der Waals surface area contributed by atoms with E-state index in [9.17, 15) is 10.1 Å². The first kappa shape index (κ1) is 18.6. The summed E-state index contributed by atoms with van der Waals surface area (Å²) in [7, 11) is 2.98. The van der Waals surface area contributed by atoms with Gasteiger partial charge in [0.15, 0.2) is 11.5 Å². The van der Waals surface area contributed by atoms with Gasteiger partial charge < -0.3 is 14.2 Å². The minimum Gasteiger partial charge on any atom is -0.493 e. The highest BCUT2D eigenvalue weighted by Crippen LogP contribution is 2.40. The molecule has 23 heavy (non-hydrogen) atoms. The largest absolute Gasteiger partial charge is 0.493 e. The Morgan fingerprint density at radius 1 is 1.13 bits per heavy atom. The van der Waals surface area contributed by atoms with Crippen LogP contribution in [0.15, 0.2) is 12.1 Å². The third kappa shape index (κ3) is 4.78. The zero-order chi connectivity index (χ0) is 17.8. The Morgan fingerprint density at radius 2 is 1.74 bits per heavy atom. The Labute approximate surface area is 137 Å². The lowest BCUT2D eigenvalue weighted by atomic mass is 9.86. The summed E-state index contributed by atoms with van der Waals surface area (Å²) in [5.41, 5.74) is -0.280. The number of anilines is 1. The summed E-state index contributed by atoms with van der Waals surface area (Å²) in [6, 6.07) is 5.64. The molecule has 0 heterocycles. The molecule has 0 aliphatic carbocycles. The molecule has 0 aromatic heterocycles. The van der Waals surface area contributed by atoms with Crippen LogP contribution in [0.3, 0.4) is 0 Å². The van der Waals surface area contributed by atoms with Crippen molar-refractivity contribution in [2.24, 2.45) is 0 Å². The van der Waals surface area contributed by atoms with Crippen molar-refractivity contribution in [2.75, 3.05) is 19.5 Å². The predicted octanol–water partition coefficient (Wildman–Crippen LogP) is 3.85. The lowest BCUT2D eigenvalue weighted by Gasteiger charge is -2.23. The normalized spacial score (nSPS) is 11.4. The fourth-order valence-corrected chi connectivity index (χ4v) is 1.90. The molecule has 0 aliphatic rings. The molecule has 1 aromatic carbocycles. The Morgan fingerprint density at radius 3 is 2.17 bits per heavy atom. The van der Waals surface area contributed by atoms with Crippen LogP contribution >= 0.6 is 0 Å². The molecule has 1 aromatic rings. The summed E-state index contributed by atoms with van der Waals surface area (Å²) in [6.45, 7) is 8.90. The zero-order valence-electron chi connectivity index (χ0n) is 14.7. The van der Waals surface area contributed by atoms with E-state index in [0.717, 1.165) is 0 Å². The topological polar surface area (TPSA) is 80.6 Å². The monoisotopic (exact) mass is 320 g/mol. The van der Waals surface area contributed by atoms with E-state index in [2.05, 4.69) is 11.4 Å². The smallest absolute Gasteiger partial charge is 0.412 e. The van der Waals surface area contributed by atoms with Gasteiger partial charge in [0.25, 0.3) is 0 Å². The van der Waals surface area contributed by atoms with Gasteiger partial charge in [0, 0.05) is 0 Å². The van der Waals surface area contributed by atoms with Crippen molar-refractivity contribution in [3.05, 3.63) is 17.7 Å². The first-order valence-electron chi connectivity index (χ1n) is 7.22. The Kier molecular flexibility index (Phi) is 5.49. The molecule has 0 aliphatic heterocycles. The highest BCUT2D eigenvalue weighted by atomic mass is 16.6. The third-order valence-electron chi connectivity index (χ3n) is 3.12. The first-order valence-corrected chi connectivity index (χ1v) is 7.22. The molecule has 126 valence electrons. The van der Waals surface area contributed by atoms with Gasteiger partial charge in [-0.05, 0) is 52.3 Å². The van der Waals surface area contributed by atoms with Crippen LogP contribution in [0.5, 0.6) is 11.5 Å². The Balaban J connectivity index is 3.31. The summed E-state index contributed by atoms with van der Waals surface area (Å²) in [5.74, 6) is 0.801. The molecule has 1 amide bonds. The van der Waals surface area contributed by atoms with Crippen molar-refractivity contribution in [3.8, 4) is 17.6 Å². The quantitative estimate of drug-likeness (QED) is 0.911. The van der Waals surface area contributed by atoms with Crippen LogP contribution < -0.4 is 14.8 Å². The van der Waals surface area contributed by atoms with Crippen molar-refractivity contribution < 1.29 is 19.0 Å². The van der Waals surface area contributed by atoms with Gasteiger partial charge in [0.05, 0.1) is 31.4 Å². The van der Waals surface area contributed by atoms with Crippen LogP contribution in [0.4, 0.5) is 10.5 Å². The molecule has 0 unspecified atom stereocenters. The minimum absolute atomic E-state index is 0.371. The summed E-state index contributed by atoms with van der Waals surface area (Å²) in [5, 5.41) is 12.0. The van der Waals surface area contributed by atoms with Gasteiger partial charge in [-0.2, -0.15) is 5.26 Å². The number of hydrogen-bond acceptors (Lipinski definition) is 5. The number of nitriles is 1. The van der Waals surface area contributed by atoms with Crippen molar-refractivity contribution in [1.82, 2.24) is 0 Å². The van der Waals surface area contributed by atoms with Crippen molar-refractivity contribution in [2.45, 2.75) is 45.6 Å². The molecule has 1 rings (SSSR count). The van der Waals surface area contributed by atoms with Gasteiger partial charge >= 0.3 is 6.09 Å². The molecule has 0 saturated carbocycles. The predicted molar refractivity (Wildman–Crippen MR) is 88.0 cm³/mol. The second kappa shape index (κ2) is 6.78. The van der Waals surface area contributed by atoms with Gasteiger partial charge in [-0.25, -0.2) is 4.79 Å². The molecule has 1 N–H and O–H groups in total. The van der Waals surface area contributed by atoms with E-state index >= 15 is 0 Å². The number of carbonyl (C=O) groups excluding carboxylic acids is 1. The minimum atomic E-state index is -0.746. The second-order valence-electron chi connectivity index (χ2n) is 6.62. The molecule has 0 spiro atoms. The fourth-order valence-electron chi connectivity index (χ4n) is 1.90. The summed E-state index contributed by atoms with van der Waals surface area (Å²) >= 11 is 0. The van der Waals surface area contributed by atoms with E-state index in [1.807, 2.05) is 0 Å². The van der Waals surface area contributed by atoms with Crippen LogP contribution in [0, 0.1) is 11.3 Å². The lowest BCUT2D eigenvalue weighted by Crippen LogP contribution is -2.27. The van der Waals surface area contributed by atoms with Gasteiger partial charge in [-0.3, -0.25) is 5.32 Å². The number of ether oxygens (including phenoxy) is 3. The molecule has 0 atom stereocenters. The molecule has 0 fully saturated rings. The molecule has 0 bridgehead atoms. The number of carbonyl (C=O) groups is 1. The maximum Gasteiger partial charge on any atom is 0.412 e. The third-order valence-corrected chi connectivity index (χ3v) is 3.12. The summed E-state index contributed by atoms with van der Waals surface area (Å²) < 4.78 is 15.9. The van der Waals surface area contributed by atoms with E-state index in [4.69, 9.17) is 14.2 Å². The second-order valence-corrected chi connectivity index (χ2v) is 6.62. The van der Waals surface area contributed by atoms with Gasteiger partial charge in [0.1, 0.15) is 5.60 Å². The average molecular weight is 320 g/mol. The number of amides is 1. The van der Waals surface area contributed by atoms with E-state index in [0.29, 0.717) is 22.7 Å². The van der Waals surface area contributed by atoms with Crippen molar-refractivity contribution in [3.63, 3.8) is 0 Å². The summed E-state index contributed by atoms with van der Waals surface area (Å²) in [6.07, 6.45) is -0.607. The maximum absolute atomic E-state index is 12.0. The van der Waals surface area contributed by atoms with E-state index in [1.54, 1.807) is 46.8 Å². The number of rotatable bonds is 4. The standard InChI is InChI=1S/C17H24N2O4/c1-16(2,3)23-15(20)19-12-8-11(17(4,5)10-18)9-13(21-6)14(12)22-7/h8-9H,1-7H3,(H,19,20). The van der Waals surface area contributed by atoms with E-state index < -0.39 is 17.1 Å². The molecule has 6 nitrogen and oxygen atoms in total. The van der Waals surface area contributed by atoms with Crippen LogP contribution in [-0.2, 0) is 10.2 Å². The number of nitrogens with zero attached hydrogens (tertiary/aromatic N) is 1. The van der Waals surface area contributed by atoms with Gasteiger partial charge in [0.2, 0.25) is 0 Å². The van der Waals surface area contributed by atoms with Crippen LogP contribution in [0.1, 0.15) is 40.2 Å². The van der Waals surface area contributed by atoms with Crippen LogP contribution in [-0.4, -0.2) is 25.9 Å². The molecule has 0 radical (unpaired) electrons. The Bertz CT molecular complexity index is 625. The number of hydrogen-bond donors (Lipinski definition) is 1. The van der Waals surface area contributed by atoms with Crippen molar-refractivity contribution >= 4 is 11.8 Å². The molecule has 0 saturated heterocycles. The Hall–Kier alpha value is -2.42. The number of benzene rings is 1. The van der Waals surface area contributed by atoms with Crippen molar-refractivity contribution in [1.29, 1.82) is 5.26 Å². The average Bonchev–Trinajstić information content (AvgIpc) is 2.44. The van der Waals surface area contributed by atoms with Gasteiger partial charge in [-0.1, -0.05) is 0 Å². The maximum atomic E-state index is 12.0. The molecule has 6 heteroatoms. The SMILES string of the molecule is COc1cc(C(C)(C)C#N)cc(NC(=O)OC(C)(C)C)c1OC. The number of nitrogens with one attached hydrogen (secondary N) is 1. The number of methoxy groups -OCH3 is 2. The van der Waals surface area contributed by atoms with Crippen LogP contribution in [0.25, 0.3) is 0 Å².